The molecule has 1 aliphatic heterocycles. The molecule has 1 aliphatic rings. The average molecular weight is 404 g/mol. The van der Waals surface area contributed by atoms with Gasteiger partial charge in [0, 0.05) is 28.7 Å². The van der Waals surface area contributed by atoms with Gasteiger partial charge in [0.2, 0.25) is 0 Å². The monoisotopic (exact) mass is 403 g/mol. The molecule has 1 saturated heterocycles. The maximum Gasteiger partial charge on any atom is 0.254 e. The topological polar surface area (TPSA) is 20.3 Å². The molecule has 1 heterocycles. The van der Waals surface area contributed by atoms with Crippen LogP contribution >= 0.6 is 11.6 Å². The highest BCUT2D eigenvalue weighted by Crippen LogP contribution is 2.32. The summed E-state index contributed by atoms with van der Waals surface area (Å²) in [5, 5.41) is 0.667. The molecule has 29 heavy (non-hydrogen) atoms. The van der Waals surface area contributed by atoms with E-state index in [1.54, 1.807) is 0 Å². The molecule has 1 fully saturated rings. The Bertz CT molecular complexity index is 981. The average Bonchev–Trinajstić information content (AvgIpc) is 3.23. The summed E-state index contributed by atoms with van der Waals surface area (Å²) >= 11 is 6.51. The van der Waals surface area contributed by atoms with E-state index in [9.17, 15) is 4.79 Å². The lowest BCUT2D eigenvalue weighted by molar-refractivity contribution is 0.0730. The van der Waals surface area contributed by atoms with Crippen molar-refractivity contribution in [3.8, 4) is 22.3 Å². The largest absolute Gasteiger partial charge is 0.336 e. The number of benzene rings is 3. The first kappa shape index (κ1) is 19.7. The predicted octanol–water partition coefficient (Wildman–Crippen LogP) is 7.08. The summed E-state index contributed by atoms with van der Waals surface area (Å²) in [4.78, 5) is 15.2. The van der Waals surface area contributed by atoms with Crippen LogP contribution in [-0.4, -0.2) is 23.4 Å². The van der Waals surface area contributed by atoms with Crippen LogP contribution in [0.1, 0.15) is 43.0 Å². The van der Waals surface area contributed by atoms with Crippen molar-refractivity contribution in [2.45, 2.75) is 38.6 Å². The molecule has 1 atom stereocenters. The Labute approximate surface area is 178 Å². The maximum absolute atomic E-state index is 13.1. The van der Waals surface area contributed by atoms with E-state index in [0.29, 0.717) is 11.1 Å². The molecular weight excluding hydrogens is 378 g/mol. The standard InChI is InChI=1S/C26H26ClNO/c1-2-7-23-10-6-17-28(23)26(29)22-15-16-25(27)24(18-22)21-13-11-20(12-14-21)19-8-4-3-5-9-19/h3-5,8-9,11-16,18,23H,2,6-7,10,17H2,1H3. The first-order chi connectivity index (χ1) is 14.2. The number of amides is 1. The van der Waals surface area contributed by atoms with Crippen LogP contribution in [0.15, 0.2) is 72.8 Å². The van der Waals surface area contributed by atoms with Crippen molar-refractivity contribution in [3.05, 3.63) is 83.4 Å². The quantitative estimate of drug-likeness (QED) is 0.445. The zero-order valence-electron chi connectivity index (χ0n) is 16.8. The number of nitrogens with zero attached hydrogens (tertiary/aromatic N) is 1. The van der Waals surface area contributed by atoms with Gasteiger partial charge in [-0.05, 0) is 54.2 Å². The molecule has 3 aromatic carbocycles. The highest BCUT2D eigenvalue weighted by atomic mass is 35.5. The van der Waals surface area contributed by atoms with Crippen LogP contribution in [-0.2, 0) is 0 Å². The summed E-state index contributed by atoms with van der Waals surface area (Å²) in [7, 11) is 0. The molecule has 3 heteroatoms. The highest BCUT2D eigenvalue weighted by Gasteiger charge is 2.28. The lowest BCUT2D eigenvalue weighted by Crippen LogP contribution is -2.35. The van der Waals surface area contributed by atoms with Crippen molar-refractivity contribution in [1.82, 2.24) is 4.90 Å². The van der Waals surface area contributed by atoms with E-state index in [-0.39, 0.29) is 5.91 Å². The van der Waals surface area contributed by atoms with Gasteiger partial charge in [-0.1, -0.05) is 79.5 Å². The first-order valence-corrected chi connectivity index (χ1v) is 10.8. The normalized spacial score (nSPS) is 16.2. The van der Waals surface area contributed by atoms with Crippen LogP contribution in [0.2, 0.25) is 5.02 Å². The number of carbonyl (C=O) groups excluding carboxylic acids is 1. The fraction of sp³-hybridized carbons (Fsp3) is 0.269. The van der Waals surface area contributed by atoms with Crippen LogP contribution in [0.3, 0.4) is 0 Å². The Morgan fingerprint density at radius 1 is 0.966 bits per heavy atom. The summed E-state index contributed by atoms with van der Waals surface area (Å²) in [5.74, 6) is 0.125. The fourth-order valence-corrected chi connectivity index (χ4v) is 4.48. The molecule has 3 aromatic rings. The van der Waals surface area contributed by atoms with Gasteiger partial charge in [0.25, 0.3) is 5.91 Å². The Morgan fingerprint density at radius 3 is 2.38 bits per heavy atom. The number of likely N-dealkylation sites (tertiary alicyclic amines) is 1. The number of rotatable bonds is 5. The third-order valence-corrected chi connectivity index (χ3v) is 6.11. The second-order valence-corrected chi connectivity index (χ2v) is 8.13. The molecule has 0 N–H and O–H groups in total. The minimum atomic E-state index is 0.125. The van der Waals surface area contributed by atoms with Crippen molar-refractivity contribution in [2.24, 2.45) is 0 Å². The lowest BCUT2D eigenvalue weighted by atomic mass is 9.98. The number of carbonyl (C=O) groups is 1. The Balaban J connectivity index is 1.61. The SMILES string of the molecule is CCCC1CCCN1C(=O)c1ccc(Cl)c(-c2ccc(-c3ccccc3)cc2)c1. The third-order valence-electron chi connectivity index (χ3n) is 5.78. The van der Waals surface area contributed by atoms with Gasteiger partial charge in [-0.3, -0.25) is 4.79 Å². The van der Waals surface area contributed by atoms with Crippen molar-refractivity contribution in [3.63, 3.8) is 0 Å². The van der Waals surface area contributed by atoms with E-state index in [1.807, 2.05) is 36.4 Å². The Hall–Kier alpha value is -2.58. The van der Waals surface area contributed by atoms with E-state index < -0.39 is 0 Å². The van der Waals surface area contributed by atoms with Crippen molar-refractivity contribution in [1.29, 1.82) is 0 Å². The Morgan fingerprint density at radius 2 is 1.66 bits per heavy atom. The molecule has 4 rings (SSSR count). The van der Waals surface area contributed by atoms with Crippen LogP contribution in [0.4, 0.5) is 0 Å². The van der Waals surface area contributed by atoms with E-state index in [0.717, 1.165) is 54.5 Å². The second-order valence-electron chi connectivity index (χ2n) is 7.72. The summed E-state index contributed by atoms with van der Waals surface area (Å²) in [6.45, 7) is 3.04. The summed E-state index contributed by atoms with van der Waals surface area (Å²) in [5.41, 5.74) is 5.00. The Kier molecular flexibility index (Phi) is 6.01. The minimum Gasteiger partial charge on any atom is -0.336 e. The third kappa shape index (κ3) is 4.23. The number of halogens is 1. The summed E-state index contributed by atoms with van der Waals surface area (Å²) in [6.07, 6.45) is 4.39. The molecule has 1 amide bonds. The van der Waals surface area contributed by atoms with E-state index in [1.165, 1.54) is 5.56 Å². The minimum absolute atomic E-state index is 0.125. The van der Waals surface area contributed by atoms with Gasteiger partial charge in [-0.2, -0.15) is 0 Å². The van der Waals surface area contributed by atoms with Gasteiger partial charge in [0.1, 0.15) is 0 Å². The number of hydrogen-bond donors (Lipinski definition) is 0. The molecule has 148 valence electrons. The van der Waals surface area contributed by atoms with Crippen molar-refractivity contribution >= 4 is 17.5 Å². The van der Waals surface area contributed by atoms with E-state index in [4.69, 9.17) is 11.6 Å². The second kappa shape index (κ2) is 8.84. The smallest absolute Gasteiger partial charge is 0.254 e. The fourth-order valence-electron chi connectivity index (χ4n) is 4.25. The number of hydrogen-bond acceptors (Lipinski definition) is 1. The van der Waals surface area contributed by atoms with Crippen LogP contribution < -0.4 is 0 Å². The molecule has 1 unspecified atom stereocenters. The van der Waals surface area contributed by atoms with E-state index in [2.05, 4.69) is 48.2 Å². The van der Waals surface area contributed by atoms with Crippen LogP contribution in [0.5, 0.6) is 0 Å². The maximum atomic E-state index is 13.1. The van der Waals surface area contributed by atoms with Crippen LogP contribution in [0.25, 0.3) is 22.3 Å². The summed E-state index contributed by atoms with van der Waals surface area (Å²) < 4.78 is 0. The molecule has 0 spiro atoms. The molecule has 2 nitrogen and oxygen atoms in total. The molecular formula is C26H26ClNO. The van der Waals surface area contributed by atoms with Crippen molar-refractivity contribution in [2.75, 3.05) is 6.54 Å². The highest BCUT2D eigenvalue weighted by molar-refractivity contribution is 6.33. The zero-order chi connectivity index (χ0) is 20.2. The lowest BCUT2D eigenvalue weighted by Gasteiger charge is -2.24. The first-order valence-electron chi connectivity index (χ1n) is 10.4. The predicted molar refractivity (Wildman–Crippen MR) is 121 cm³/mol. The van der Waals surface area contributed by atoms with E-state index >= 15 is 0 Å². The van der Waals surface area contributed by atoms with Crippen LogP contribution in [0, 0.1) is 0 Å². The van der Waals surface area contributed by atoms with Gasteiger partial charge < -0.3 is 4.90 Å². The van der Waals surface area contributed by atoms with Gasteiger partial charge in [0.05, 0.1) is 0 Å². The van der Waals surface area contributed by atoms with Gasteiger partial charge >= 0.3 is 0 Å². The van der Waals surface area contributed by atoms with Gasteiger partial charge in [-0.15, -0.1) is 0 Å². The molecule has 0 bridgehead atoms. The molecule has 0 aliphatic carbocycles. The van der Waals surface area contributed by atoms with Crippen molar-refractivity contribution < 1.29 is 4.79 Å². The van der Waals surface area contributed by atoms with Gasteiger partial charge in [-0.25, -0.2) is 0 Å². The molecule has 0 saturated carbocycles. The zero-order valence-corrected chi connectivity index (χ0v) is 17.5. The molecule has 0 radical (unpaired) electrons. The summed E-state index contributed by atoms with van der Waals surface area (Å²) in [6, 6.07) is 24.7. The molecule has 0 aromatic heterocycles. The van der Waals surface area contributed by atoms with Gasteiger partial charge in [0.15, 0.2) is 0 Å².